The summed E-state index contributed by atoms with van der Waals surface area (Å²) < 4.78 is 38.1. The van der Waals surface area contributed by atoms with Crippen LogP contribution in [0.3, 0.4) is 0 Å². The third-order valence-electron chi connectivity index (χ3n) is 3.82. The molecule has 3 N–H and O–H groups in total. The van der Waals surface area contributed by atoms with Crippen molar-refractivity contribution >= 4 is 41.2 Å². The molecule has 0 aromatic carbocycles. The van der Waals surface area contributed by atoms with Crippen LogP contribution in [-0.2, 0) is 25.4 Å². The Hall–Kier alpha value is -3.15. The van der Waals surface area contributed by atoms with E-state index in [2.05, 4.69) is 10.4 Å². The summed E-state index contributed by atoms with van der Waals surface area (Å²) in [6, 6.07) is 1.43. The normalized spacial score (nSPS) is 14.9. The summed E-state index contributed by atoms with van der Waals surface area (Å²) >= 11 is 5.47. The molecule has 150 valence electrons. The Morgan fingerprint density at radius 1 is 1.21 bits per heavy atom. The first-order valence-corrected chi connectivity index (χ1v) is 7.77. The van der Waals surface area contributed by atoms with Gasteiger partial charge in [-0.3, -0.25) is 24.6 Å². The van der Waals surface area contributed by atoms with Crippen molar-refractivity contribution in [1.29, 1.82) is 0 Å². The number of amides is 2. The largest absolute Gasteiger partial charge is 0.481 e. The van der Waals surface area contributed by atoms with E-state index in [9.17, 15) is 32.3 Å². The number of carbonyl (C=O) groups is 4. The quantitative estimate of drug-likeness (QED) is 0.360. The molecule has 2 heterocycles. The minimum Gasteiger partial charge on any atom is -0.481 e. The number of pyridine rings is 1. The van der Waals surface area contributed by atoms with Gasteiger partial charge in [-0.2, -0.15) is 18.2 Å². The van der Waals surface area contributed by atoms with Crippen LogP contribution < -0.4 is 5.43 Å². The molecule has 2 rings (SSSR count). The van der Waals surface area contributed by atoms with Crippen molar-refractivity contribution < 1.29 is 42.6 Å². The number of carboxylic acids is 2. The first-order chi connectivity index (χ1) is 12.8. The van der Waals surface area contributed by atoms with E-state index in [0.29, 0.717) is 11.1 Å². The maximum Gasteiger partial charge on any atom is 0.419 e. The highest BCUT2D eigenvalue weighted by Gasteiger charge is 2.40. The Bertz CT molecular complexity index is 901. The van der Waals surface area contributed by atoms with Crippen LogP contribution in [0.25, 0.3) is 0 Å². The number of anilines is 1. The van der Waals surface area contributed by atoms with Gasteiger partial charge in [0.05, 0.1) is 5.56 Å². The fraction of sp³-hybridized carbons (Fsp3) is 0.267. The Balaban J connectivity index is 2.25. The van der Waals surface area contributed by atoms with Crippen LogP contribution in [0, 0.1) is 5.92 Å². The summed E-state index contributed by atoms with van der Waals surface area (Å²) in [4.78, 5) is 50.0. The molecule has 0 saturated heterocycles. The molecule has 1 aromatic rings. The highest BCUT2D eigenvalue weighted by molar-refractivity contribution is 6.30. The number of hydrogen-bond acceptors (Lipinski definition) is 6. The van der Waals surface area contributed by atoms with Gasteiger partial charge in [0.2, 0.25) is 0 Å². The molecule has 0 aliphatic carbocycles. The minimum absolute atomic E-state index is 0.206. The fourth-order valence-corrected chi connectivity index (χ4v) is 2.59. The standard InChI is InChI=1S/C15H11ClF3N3O6/c1-5-6(4-7(13(25)26)14(27)28)12(24)22(11(5)23)21-9-3-2-8(10(16)20-9)15(17,18)19/h2-3,7H,4H2,1H3,(H,20,21)(H,25,26)(H,27,28). The number of hydrazine groups is 1. The topological polar surface area (TPSA) is 137 Å². The van der Waals surface area contributed by atoms with E-state index in [4.69, 9.17) is 21.8 Å². The summed E-state index contributed by atoms with van der Waals surface area (Å²) in [6.45, 7) is 1.19. The van der Waals surface area contributed by atoms with E-state index < -0.39 is 53.0 Å². The molecule has 2 amide bonds. The molecular formula is C15H11ClF3N3O6. The molecule has 1 aliphatic heterocycles. The number of nitrogens with one attached hydrogen (secondary N) is 1. The van der Waals surface area contributed by atoms with E-state index >= 15 is 0 Å². The number of halogens is 4. The fourth-order valence-electron chi connectivity index (χ4n) is 2.33. The van der Waals surface area contributed by atoms with E-state index in [1.165, 1.54) is 6.92 Å². The lowest BCUT2D eigenvalue weighted by Gasteiger charge is -2.18. The van der Waals surface area contributed by atoms with Crippen molar-refractivity contribution in [1.82, 2.24) is 9.99 Å². The molecule has 0 atom stereocenters. The number of aromatic nitrogens is 1. The van der Waals surface area contributed by atoms with Crippen molar-refractivity contribution in [3.63, 3.8) is 0 Å². The smallest absolute Gasteiger partial charge is 0.419 e. The molecule has 1 aliphatic rings. The van der Waals surface area contributed by atoms with E-state index in [1.54, 1.807) is 0 Å². The zero-order valence-corrected chi connectivity index (χ0v) is 14.6. The molecule has 9 nitrogen and oxygen atoms in total. The SMILES string of the molecule is CC1=C(CC(C(=O)O)C(=O)O)C(=O)N(Nc2ccc(C(F)(F)F)c(Cl)n2)C1=O. The molecule has 13 heteroatoms. The number of nitrogens with zero attached hydrogens (tertiary/aromatic N) is 2. The van der Waals surface area contributed by atoms with Crippen molar-refractivity contribution in [3.8, 4) is 0 Å². The van der Waals surface area contributed by atoms with Crippen LogP contribution in [0.2, 0.25) is 5.15 Å². The van der Waals surface area contributed by atoms with Gasteiger partial charge in [0.15, 0.2) is 5.92 Å². The Kier molecular flexibility index (Phi) is 5.64. The molecule has 0 bridgehead atoms. The molecule has 0 saturated carbocycles. The number of rotatable bonds is 6. The Labute approximate surface area is 159 Å². The Morgan fingerprint density at radius 3 is 2.25 bits per heavy atom. The maximum atomic E-state index is 12.7. The predicted octanol–water partition coefficient (Wildman–Crippen LogP) is 1.94. The van der Waals surface area contributed by atoms with Gasteiger partial charge >= 0.3 is 18.1 Å². The van der Waals surface area contributed by atoms with Crippen LogP contribution in [0.4, 0.5) is 19.0 Å². The zero-order chi connectivity index (χ0) is 21.4. The molecule has 0 spiro atoms. The lowest BCUT2D eigenvalue weighted by Crippen LogP contribution is -2.37. The molecule has 0 unspecified atom stereocenters. The molecule has 1 aromatic heterocycles. The average molecular weight is 422 g/mol. The third-order valence-corrected chi connectivity index (χ3v) is 4.11. The second-order valence-corrected chi connectivity index (χ2v) is 5.98. The van der Waals surface area contributed by atoms with Gasteiger partial charge in [-0.1, -0.05) is 11.6 Å². The minimum atomic E-state index is -4.75. The molecule has 28 heavy (non-hydrogen) atoms. The second kappa shape index (κ2) is 7.46. The highest BCUT2D eigenvalue weighted by Crippen LogP contribution is 2.34. The summed E-state index contributed by atoms with van der Waals surface area (Å²) in [5.41, 5.74) is 0.402. The average Bonchev–Trinajstić information content (AvgIpc) is 2.75. The van der Waals surface area contributed by atoms with Crippen LogP contribution >= 0.6 is 11.6 Å². The van der Waals surface area contributed by atoms with Gasteiger partial charge in [-0.15, -0.1) is 0 Å². The summed E-state index contributed by atoms with van der Waals surface area (Å²) in [7, 11) is 0. The first kappa shape index (κ1) is 21.2. The monoisotopic (exact) mass is 421 g/mol. The molecule has 0 fully saturated rings. The third kappa shape index (κ3) is 4.06. The van der Waals surface area contributed by atoms with Crippen LogP contribution in [-0.4, -0.2) is 44.0 Å². The van der Waals surface area contributed by atoms with E-state index in [1.807, 2.05) is 0 Å². The van der Waals surface area contributed by atoms with Crippen molar-refractivity contribution in [2.45, 2.75) is 19.5 Å². The predicted molar refractivity (Wildman–Crippen MR) is 85.8 cm³/mol. The van der Waals surface area contributed by atoms with Gasteiger partial charge in [-0.25, -0.2) is 4.98 Å². The van der Waals surface area contributed by atoms with Crippen LogP contribution in [0.1, 0.15) is 18.9 Å². The van der Waals surface area contributed by atoms with Gasteiger partial charge in [0.1, 0.15) is 11.0 Å². The van der Waals surface area contributed by atoms with Crippen LogP contribution in [0.5, 0.6) is 0 Å². The van der Waals surface area contributed by atoms with Gasteiger partial charge in [-0.05, 0) is 19.1 Å². The van der Waals surface area contributed by atoms with Gasteiger partial charge < -0.3 is 10.2 Å². The number of carboxylic acid groups (broad SMARTS) is 2. The summed E-state index contributed by atoms with van der Waals surface area (Å²) in [5.74, 6) is -7.70. The molecule has 0 radical (unpaired) electrons. The number of imide groups is 1. The number of carbonyl (C=O) groups excluding carboxylic acids is 2. The van der Waals surface area contributed by atoms with Crippen LogP contribution in [0.15, 0.2) is 23.3 Å². The van der Waals surface area contributed by atoms with Gasteiger partial charge in [0.25, 0.3) is 11.8 Å². The molecular weight excluding hydrogens is 411 g/mol. The lowest BCUT2D eigenvalue weighted by molar-refractivity contribution is -0.154. The van der Waals surface area contributed by atoms with E-state index in [0.717, 1.165) is 6.07 Å². The van der Waals surface area contributed by atoms with E-state index in [-0.39, 0.29) is 17.0 Å². The van der Waals surface area contributed by atoms with Crippen molar-refractivity contribution in [2.75, 3.05) is 5.43 Å². The number of aliphatic carboxylic acids is 2. The van der Waals surface area contributed by atoms with Crippen molar-refractivity contribution in [3.05, 3.63) is 34.0 Å². The highest BCUT2D eigenvalue weighted by atomic mass is 35.5. The number of hydrogen-bond donors (Lipinski definition) is 3. The summed E-state index contributed by atoms with van der Waals surface area (Å²) in [5, 5.41) is 17.3. The lowest BCUT2D eigenvalue weighted by atomic mass is 9.97. The zero-order valence-electron chi connectivity index (χ0n) is 13.9. The summed E-state index contributed by atoms with van der Waals surface area (Å²) in [6.07, 6.45) is -5.50. The second-order valence-electron chi connectivity index (χ2n) is 5.63. The maximum absolute atomic E-state index is 12.7. The first-order valence-electron chi connectivity index (χ1n) is 7.39. The van der Waals surface area contributed by atoms with Gasteiger partial charge in [0, 0.05) is 17.6 Å². The van der Waals surface area contributed by atoms with Crippen molar-refractivity contribution in [2.24, 2.45) is 5.92 Å². The Morgan fingerprint density at radius 2 is 1.79 bits per heavy atom. The number of alkyl halides is 3.